The zero-order valence-electron chi connectivity index (χ0n) is 14.7. The van der Waals surface area contributed by atoms with Gasteiger partial charge in [-0.3, -0.25) is 19.6 Å². The molecule has 1 heterocycles. The van der Waals surface area contributed by atoms with Crippen molar-refractivity contribution in [2.45, 2.75) is 0 Å². The Morgan fingerprint density at radius 3 is 2.36 bits per heavy atom. The van der Waals surface area contributed by atoms with Crippen LogP contribution in [0.2, 0.25) is 0 Å². The van der Waals surface area contributed by atoms with E-state index < -0.39 is 21.8 Å². The summed E-state index contributed by atoms with van der Waals surface area (Å²) in [5.41, 5.74) is 1.03. The molecule has 0 saturated carbocycles. The summed E-state index contributed by atoms with van der Waals surface area (Å²) in [6, 6.07) is 14.5. The lowest BCUT2D eigenvalue weighted by Gasteiger charge is -2.07. The van der Waals surface area contributed by atoms with Crippen LogP contribution in [0.1, 0.15) is 20.8 Å². The third kappa shape index (κ3) is 5.17. The molecule has 0 saturated heterocycles. The number of benzene rings is 2. The number of carbonyl (C=O) groups excluding carboxylic acids is 2. The molecule has 0 atom stereocenters. The van der Waals surface area contributed by atoms with Crippen LogP contribution in [0.5, 0.6) is 0 Å². The first-order valence-electron chi connectivity index (χ1n) is 8.01. The molecule has 0 radical (unpaired) electrons. The molecule has 10 heteroatoms. The minimum Gasteiger partial charge on any atom is -0.431 e. The highest BCUT2D eigenvalue weighted by Crippen LogP contribution is 2.17. The Morgan fingerprint density at radius 2 is 1.64 bits per heavy atom. The summed E-state index contributed by atoms with van der Waals surface area (Å²) >= 11 is 0. The van der Waals surface area contributed by atoms with Gasteiger partial charge in [0.25, 0.3) is 11.8 Å². The fourth-order valence-corrected chi connectivity index (χ4v) is 2.82. The normalized spacial score (nSPS) is 10.9. The van der Waals surface area contributed by atoms with Crippen molar-refractivity contribution in [1.29, 1.82) is 0 Å². The van der Waals surface area contributed by atoms with E-state index in [0.717, 1.165) is 12.5 Å². The maximum atomic E-state index is 12.3. The van der Waals surface area contributed by atoms with Gasteiger partial charge < -0.3 is 9.73 Å². The van der Waals surface area contributed by atoms with Crippen LogP contribution in [-0.2, 0) is 10.0 Å². The standard InChI is InChI=1S/C18H16N4O5S/c1-28(25,26)22-14-9-5-8-13(10-14)19-17(24)15-11-27-18(20-15)21-16(23)12-6-3-2-4-7-12/h2-11,22H,1H3,(H,19,24)(H,20,21,23). The van der Waals surface area contributed by atoms with Crippen molar-refractivity contribution in [1.82, 2.24) is 4.98 Å². The van der Waals surface area contributed by atoms with Crippen molar-refractivity contribution in [3.63, 3.8) is 0 Å². The van der Waals surface area contributed by atoms with Crippen LogP contribution < -0.4 is 15.4 Å². The summed E-state index contributed by atoms with van der Waals surface area (Å²) in [6.45, 7) is 0. The van der Waals surface area contributed by atoms with Crippen LogP contribution in [0, 0.1) is 0 Å². The van der Waals surface area contributed by atoms with Crippen LogP contribution in [0.4, 0.5) is 17.4 Å². The SMILES string of the molecule is CS(=O)(=O)Nc1cccc(NC(=O)c2coc(NC(=O)c3ccccc3)n2)c1. The summed E-state index contributed by atoms with van der Waals surface area (Å²) in [5, 5.41) is 5.03. The molecular weight excluding hydrogens is 384 g/mol. The van der Waals surface area contributed by atoms with Gasteiger partial charge in [-0.05, 0) is 30.3 Å². The molecule has 9 nitrogen and oxygen atoms in total. The van der Waals surface area contributed by atoms with Crippen molar-refractivity contribution in [2.24, 2.45) is 0 Å². The zero-order chi connectivity index (χ0) is 20.1. The third-order valence-corrected chi connectivity index (χ3v) is 4.02. The number of hydrogen-bond acceptors (Lipinski definition) is 6. The van der Waals surface area contributed by atoms with E-state index in [4.69, 9.17) is 4.42 Å². The molecule has 3 N–H and O–H groups in total. The van der Waals surface area contributed by atoms with Crippen LogP contribution in [0.3, 0.4) is 0 Å². The summed E-state index contributed by atoms with van der Waals surface area (Å²) in [4.78, 5) is 28.3. The van der Waals surface area contributed by atoms with Gasteiger partial charge in [-0.25, -0.2) is 8.42 Å². The Bertz CT molecular complexity index is 1110. The highest BCUT2D eigenvalue weighted by Gasteiger charge is 2.15. The van der Waals surface area contributed by atoms with E-state index >= 15 is 0 Å². The van der Waals surface area contributed by atoms with E-state index in [1.807, 2.05) is 0 Å². The predicted octanol–water partition coefficient (Wildman–Crippen LogP) is 2.55. The summed E-state index contributed by atoms with van der Waals surface area (Å²) in [5.74, 6) is -1.01. The van der Waals surface area contributed by atoms with Gasteiger partial charge in [0.1, 0.15) is 6.26 Å². The van der Waals surface area contributed by atoms with Crippen LogP contribution in [0.15, 0.2) is 65.3 Å². The molecule has 3 aromatic rings. The first-order chi connectivity index (χ1) is 13.3. The molecule has 1 aromatic heterocycles. The number of nitrogens with zero attached hydrogens (tertiary/aromatic N) is 1. The van der Waals surface area contributed by atoms with Crippen molar-refractivity contribution >= 4 is 39.2 Å². The second-order valence-electron chi connectivity index (χ2n) is 5.77. The van der Waals surface area contributed by atoms with Gasteiger partial charge in [-0.15, -0.1) is 0 Å². The maximum Gasteiger partial charge on any atom is 0.302 e. The molecule has 0 aliphatic heterocycles. The van der Waals surface area contributed by atoms with Gasteiger partial charge >= 0.3 is 6.01 Å². The minimum atomic E-state index is -3.44. The highest BCUT2D eigenvalue weighted by molar-refractivity contribution is 7.92. The molecule has 0 unspecified atom stereocenters. The number of rotatable bonds is 6. The summed E-state index contributed by atoms with van der Waals surface area (Å²) in [6.07, 6.45) is 2.13. The van der Waals surface area contributed by atoms with E-state index in [0.29, 0.717) is 16.9 Å². The lowest BCUT2D eigenvalue weighted by Crippen LogP contribution is -2.15. The Hall–Kier alpha value is -3.66. The number of amides is 2. The first kappa shape index (κ1) is 19.1. The largest absolute Gasteiger partial charge is 0.431 e. The predicted molar refractivity (Wildman–Crippen MR) is 104 cm³/mol. The highest BCUT2D eigenvalue weighted by atomic mass is 32.2. The number of aromatic nitrogens is 1. The Balaban J connectivity index is 1.66. The number of carbonyl (C=O) groups is 2. The van der Waals surface area contributed by atoms with Gasteiger partial charge in [0.05, 0.1) is 11.9 Å². The van der Waals surface area contributed by atoms with Crippen molar-refractivity contribution in [3.8, 4) is 0 Å². The molecule has 0 fully saturated rings. The van der Waals surface area contributed by atoms with Gasteiger partial charge in [-0.1, -0.05) is 24.3 Å². The number of oxazole rings is 1. The number of anilines is 3. The molecular formula is C18H16N4O5S. The van der Waals surface area contributed by atoms with Crippen molar-refractivity contribution in [3.05, 3.63) is 72.1 Å². The van der Waals surface area contributed by atoms with Gasteiger partial charge in [0, 0.05) is 11.3 Å². The van der Waals surface area contributed by atoms with E-state index in [9.17, 15) is 18.0 Å². The van der Waals surface area contributed by atoms with E-state index in [1.54, 1.807) is 48.5 Å². The van der Waals surface area contributed by atoms with Crippen molar-refractivity contribution < 1.29 is 22.4 Å². The lowest BCUT2D eigenvalue weighted by molar-refractivity contribution is 0.101. The maximum absolute atomic E-state index is 12.3. The Labute approximate surface area is 160 Å². The third-order valence-electron chi connectivity index (χ3n) is 3.42. The molecule has 0 aliphatic rings. The Kier molecular flexibility index (Phi) is 5.41. The minimum absolute atomic E-state index is 0.0511. The molecule has 3 rings (SSSR count). The molecule has 0 aliphatic carbocycles. The molecule has 2 amide bonds. The van der Waals surface area contributed by atoms with Gasteiger partial charge in [-0.2, -0.15) is 4.98 Å². The van der Waals surface area contributed by atoms with Gasteiger partial charge in [0.2, 0.25) is 10.0 Å². The molecule has 2 aromatic carbocycles. The Morgan fingerprint density at radius 1 is 0.929 bits per heavy atom. The number of sulfonamides is 1. The zero-order valence-corrected chi connectivity index (χ0v) is 15.5. The summed E-state index contributed by atoms with van der Waals surface area (Å²) < 4.78 is 30.0. The first-order valence-corrected chi connectivity index (χ1v) is 9.90. The summed E-state index contributed by atoms with van der Waals surface area (Å²) in [7, 11) is -3.44. The average molecular weight is 400 g/mol. The fourth-order valence-electron chi connectivity index (χ4n) is 2.26. The van der Waals surface area contributed by atoms with E-state index in [-0.39, 0.29) is 11.7 Å². The number of hydrogen-bond donors (Lipinski definition) is 3. The topological polar surface area (TPSA) is 130 Å². The van der Waals surface area contributed by atoms with E-state index in [1.165, 1.54) is 6.07 Å². The van der Waals surface area contributed by atoms with Gasteiger partial charge in [0.15, 0.2) is 5.69 Å². The van der Waals surface area contributed by atoms with Crippen molar-refractivity contribution in [2.75, 3.05) is 21.6 Å². The van der Waals surface area contributed by atoms with Crippen LogP contribution >= 0.6 is 0 Å². The van der Waals surface area contributed by atoms with Crippen LogP contribution in [0.25, 0.3) is 0 Å². The molecule has 28 heavy (non-hydrogen) atoms. The molecule has 0 bridgehead atoms. The molecule has 144 valence electrons. The van der Waals surface area contributed by atoms with Crippen LogP contribution in [-0.4, -0.2) is 31.5 Å². The average Bonchev–Trinajstić information content (AvgIpc) is 3.10. The fraction of sp³-hybridized carbons (Fsp3) is 0.0556. The second kappa shape index (κ2) is 7.92. The monoisotopic (exact) mass is 400 g/mol. The number of nitrogens with one attached hydrogen (secondary N) is 3. The second-order valence-corrected chi connectivity index (χ2v) is 7.52. The van der Waals surface area contributed by atoms with E-state index in [2.05, 4.69) is 20.3 Å². The molecule has 0 spiro atoms. The quantitative estimate of drug-likeness (QED) is 0.583. The lowest BCUT2D eigenvalue weighted by atomic mass is 10.2. The smallest absolute Gasteiger partial charge is 0.302 e.